The number of hydrogen-bond acceptors (Lipinski definition) is 12. The van der Waals surface area contributed by atoms with Gasteiger partial charge < -0.3 is 18.9 Å². The Labute approximate surface area is 338 Å². The first-order valence-electron chi connectivity index (χ1n) is 15.9. The molecule has 4 aromatic rings. The number of rotatable bonds is 9. The van der Waals surface area contributed by atoms with Crippen LogP contribution in [0.3, 0.4) is 0 Å². The highest BCUT2D eigenvalue weighted by molar-refractivity contribution is 8.49. The van der Waals surface area contributed by atoms with Crippen molar-refractivity contribution in [1.82, 2.24) is 0 Å². The van der Waals surface area contributed by atoms with E-state index >= 15 is 0 Å². The van der Waals surface area contributed by atoms with Crippen LogP contribution in [0.4, 0.5) is 0 Å². The number of allylic oxidation sites excluding steroid dienone is 2. The van der Waals surface area contributed by atoms with Gasteiger partial charge in [0.15, 0.2) is 0 Å². The second kappa shape index (κ2) is 16.4. The zero-order valence-electron chi connectivity index (χ0n) is 28.3. The smallest absolute Gasteiger partial charge is 0.118 e. The summed E-state index contributed by atoms with van der Waals surface area (Å²) in [6.45, 7) is 0. The van der Waals surface area contributed by atoms with Crippen LogP contribution in [0.2, 0.25) is 0 Å². The van der Waals surface area contributed by atoms with E-state index in [9.17, 15) is 0 Å². The topological polar surface area (TPSA) is 36.9 Å². The first-order valence-corrected chi connectivity index (χ1v) is 22.4. The van der Waals surface area contributed by atoms with Crippen LogP contribution < -0.4 is 18.9 Å². The number of hydrogen-bond donors (Lipinski definition) is 0. The molecule has 0 bridgehead atoms. The van der Waals surface area contributed by atoms with E-state index in [0.29, 0.717) is 0 Å². The van der Waals surface area contributed by atoms with Gasteiger partial charge in [0.05, 0.1) is 62.3 Å². The molecule has 0 fully saturated rings. The van der Waals surface area contributed by atoms with Crippen molar-refractivity contribution in [2.75, 3.05) is 28.4 Å². The summed E-state index contributed by atoms with van der Waals surface area (Å²) in [4.78, 5) is 0. The van der Waals surface area contributed by atoms with Crippen molar-refractivity contribution in [3.05, 3.63) is 153 Å². The van der Waals surface area contributed by atoms with Gasteiger partial charge in [0.2, 0.25) is 0 Å². The van der Waals surface area contributed by atoms with Crippen molar-refractivity contribution in [3.8, 4) is 23.0 Å². The van der Waals surface area contributed by atoms with Crippen LogP contribution >= 0.6 is 94.1 Å². The molecule has 0 aliphatic carbocycles. The molecule has 0 N–H and O–H groups in total. The van der Waals surface area contributed by atoms with Crippen molar-refractivity contribution in [2.24, 2.45) is 0 Å². The van der Waals surface area contributed by atoms with Gasteiger partial charge in [-0.25, -0.2) is 0 Å². The van der Waals surface area contributed by atoms with Crippen LogP contribution in [0.5, 0.6) is 23.0 Å². The maximum atomic E-state index is 5.58. The second-order valence-corrected chi connectivity index (χ2v) is 21.6. The van der Waals surface area contributed by atoms with Crippen LogP contribution in [0.1, 0.15) is 22.3 Å². The average molecular weight is 831 g/mol. The van der Waals surface area contributed by atoms with E-state index in [-0.39, 0.29) is 0 Å². The zero-order chi connectivity index (χ0) is 35.6. The largest absolute Gasteiger partial charge is 0.497 e. The highest BCUT2D eigenvalue weighted by Gasteiger charge is 2.37. The summed E-state index contributed by atoms with van der Waals surface area (Å²) in [5.74, 6) is 3.41. The molecule has 0 saturated carbocycles. The van der Waals surface area contributed by atoms with Gasteiger partial charge in [-0.05, 0) is 82.9 Å². The molecule has 12 heteroatoms. The standard InChI is InChI=1S/C40H30O4S8/c1-41-27-13-5-23(6-14-27)21-31-45-37-38(46-31)50-35(49-37)33(25-9-17-29(43-3)18-10-25)34(26-11-19-30(44-4)20-12-26)36-51-39-40(52-36)48-32(47-39)22-24-7-15-28(42-2)16-8-24/h5-22H,1-4H3. The Hall–Kier alpha value is -2.68. The van der Waals surface area contributed by atoms with E-state index < -0.39 is 0 Å². The Balaban J connectivity index is 1.14. The summed E-state index contributed by atoms with van der Waals surface area (Å²) in [5.41, 5.74) is 7.13. The van der Waals surface area contributed by atoms with Gasteiger partial charge in [0.25, 0.3) is 0 Å². The van der Waals surface area contributed by atoms with E-state index in [1.165, 1.54) is 56.2 Å². The predicted octanol–water partition coefficient (Wildman–Crippen LogP) is 13.9. The van der Waals surface area contributed by atoms with Gasteiger partial charge >= 0.3 is 0 Å². The highest BCUT2D eigenvalue weighted by atomic mass is 32.3. The van der Waals surface area contributed by atoms with Gasteiger partial charge in [-0.1, -0.05) is 143 Å². The number of methoxy groups -OCH3 is 4. The lowest BCUT2D eigenvalue weighted by atomic mass is 9.94. The molecule has 0 unspecified atom stereocenters. The SMILES string of the molecule is COc1ccc(C=C2SC3=C(S2)SC(=C(C(=C2SC4=C(SC(=Cc5ccc(OC)cc5)S4)S2)c2ccc(OC)cc2)c2ccc(OC)cc2)S3)cc1. The minimum absolute atomic E-state index is 0.841. The minimum Gasteiger partial charge on any atom is -0.497 e. The van der Waals surface area contributed by atoms with Gasteiger partial charge in [0.1, 0.15) is 23.0 Å². The first kappa shape index (κ1) is 36.3. The Morgan fingerprint density at radius 2 is 0.635 bits per heavy atom. The van der Waals surface area contributed by atoms with Crippen molar-refractivity contribution < 1.29 is 18.9 Å². The van der Waals surface area contributed by atoms with Gasteiger partial charge in [-0.15, -0.1) is 0 Å². The number of thioether (sulfide) groups is 8. The molecule has 0 atom stereocenters. The summed E-state index contributed by atoms with van der Waals surface area (Å²) in [6.07, 6.45) is 4.52. The molecule has 0 amide bonds. The third kappa shape index (κ3) is 7.91. The van der Waals surface area contributed by atoms with E-state index in [2.05, 4.69) is 84.9 Å². The lowest BCUT2D eigenvalue weighted by Gasteiger charge is -2.20. The molecule has 0 spiro atoms. The second-order valence-electron chi connectivity index (χ2n) is 11.2. The predicted molar refractivity (Wildman–Crippen MR) is 237 cm³/mol. The summed E-state index contributed by atoms with van der Waals surface area (Å²) in [5, 5.41) is 0. The van der Waals surface area contributed by atoms with Crippen LogP contribution in [-0.2, 0) is 0 Å². The van der Waals surface area contributed by atoms with E-state index in [1.54, 1.807) is 28.4 Å². The zero-order valence-corrected chi connectivity index (χ0v) is 34.8. The summed E-state index contributed by atoms with van der Waals surface area (Å²) in [6, 6.07) is 33.5. The van der Waals surface area contributed by atoms with Crippen molar-refractivity contribution in [3.63, 3.8) is 0 Å². The molecule has 4 nitrogen and oxygen atoms in total. The minimum atomic E-state index is 0.841. The summed E-state index contributed by atoms with van der Waals surface area (Å²) < 4.78 is 32.3. The Bertz CT molecular complexity index is 2000. The van der Waals surface area contributed by atoms with Crippen LogP contribution in [-0.4, -0.2) is 28.4 Å². The normalized spacial score (nSPS) is 16.3. The third-order valence-electron chi connectivity index (χ3n) is 8.06. The fourth-order valence-corrected chi connectivity index (χ4v) is 18.3. The fraction of sp³-hybridized carbons (Fsp3) is 0.100. The van der Waals surface area contributed by atoms with Crippen LogP contribution in [0.15, 0.2) is 131 Å². The molecular formula is C40H30O4S8. The van der Waals surface area contributed by atoms with Crippen molar-refractivity contribution in [1.29, 1.82) is 0 Å². The highest BCUT2D eigenvalue weighted by Crippen LogP contribution is 2.71. The molecule has 52 heavy (non-hydrogen) atoms. The van der Waals surface area contributed by atoms with Gasteiger partial charge in [-0.2, -0.15) is 0 Å². The monoisotopic (exact) mass is 830 g/mol. The number of benzene rings is 4. The summed E-state index contributed by atoms with van der Waals surface area (Å²) >= 11 is 15.0. The van der Waals surface area contributed by atoms with E-state index in [4.69, 9.17) is 18.9 Å². The maximum Gasteiger partial charge on any atom is 0.118 e. The van der Waals surface area contributed by atoms with E-state index in [1.807, 2.05) is 118 Å². The molecule has 4 aliphatic rings. The van der Waals surface area contributed by atoms with Crippen molar-refractivity contribution >= 4 is 117 Å². The molecule has 4 aliphatic heterocycles. The number of ether oxygens (including phenoxy) is 4. The molecule has 8 rings (SSSR count). The van der Waals surface area contributed by atoms with Gasteiger partial charge in [0, 0.05) is 11.1 Å². The quantitative estimate of drug-likeness (QED) is 0.161. The summed E-state index contributed by atoms with van der Waals surface area (Å²) in [7, 11) is 6.83. The third-order valence-corrected chi connectivity index (χ3v) is 19.0. The Kier molecular flexibility index (Phi) is 11.4. The van der Waals surface area contributed by atoms with E-state index in [0.717, 1.165) is 34.1 Å². The molecular weight excluding hydrogens is 801 g/mol. The van der Waals surface area contributed by atoms with Crippen LogP contribution in [0.25, 0.3) is 23.3 Å². The maximum absolute atomic E-state index is 5.58. The average Bonchev–Trinajstić information content (AvgIpc) is 3.95. The molecule has 4 heterocycles. The Morgan fingerprint density at radius 3 is 0.904 bits per heavy atom. The van der Waals surface area contributed by atoms with Crippen LogP contribution in [0, 0.1) is 0 Å². The van der Waals surface area contributed by atoms with Gasteiger partial charge in [-0.3, -0.25) is 0 Å². The molecule has 262 valence electrons. The first-order chi connectivity index (χ1) is 25.5. The Morgan fingerprint density at radius 1 is 0.365 bits per heavy atom. The molecule has 0 aromatic heterocycles. The molecule has 4 aromatic carbocycles. The fourth-order valence-electron chi connectivity index (χ4n) is 5.44. The molecule has 0 radical (unpaired) electrons. The lowest BCUT2D eigenvalue weighted by molar-refractivity contribution is 0.414. The molecule has 0 saturated heterocycles. The van der Waals surface area contributed by atoms with Crippen molar-refractivity contribution in [2.45, 2.75) is 0 Å². The lowest BCUT2D eigenvalue weighted by Crippen LogP contribution is -1.96.